The Kier molecular flexibility index (Phi) is 7.23. The molecule has 0 spiro atoms. The number of halogens is 1. The molecule has 0 heterocycles. The van der Waals surface area contributed by atoms with Gasteiger partial charge in [-0.1, -0.05) is 36.4 Å². The Labute approximate surface area is 141 Å². The molecule has 0 aromatic heterocycles. The second-order valence-electron chi connectivity index (χ2n) is 5.27. The number of carbonyl (C=O) groups excluding carboxylic acids is 1. The molecular formula is C19H22FNO3. The molecule has 24 heavy (non-hydrogen) atoms. The van der Waals surface area contributed by atoms with Gasteiger partial charge in [0.25, 0.3) is 0 Å². The van der Waals surface area contributed by atoms with Crippen LogP contribution in [0.15, 0.2) is 48.5 Å². The van der Waals surface area contributed by atoms with Gasteiger partial charge in [0.1, 0.15) is 6.61 Å². The number of hydrogen-bond acceptors (Lipinski definition) is 4. The first-order chi connectivity index (χ1) is 11.7. The van der Waals surface area contributed by atoms with Crippen molar-refractivity contribution in [1.82, 2.24) is 5.32 Å². The second kappa shape index (κ2) is 9.67. The molecule has 0 radical (unpaired) electrons. The van der Waals surface area contributed by atoms with E-state index in [1.807, 2.05) is 30.3 Å². The fourth-order valence-corrected chi connectivity index (χ4v) is 2.16. The van der Waals surface area contributed by atoms with Gasteiger partial charge in [0.15, 0.2) is 11.6 Å². The van der Waals surface area contributed by atoms with Crippen LogP contribution in [0.1, 0.15) is 24.5 Å². The van der Waals surface area contributed by atoms with E-state index in [1.165, 1.54) is 6.07 Å². The number of rotatable bonds is 9. The normalized spacial score (nSPS) is 10.4. The maximum absolute atomic E-state index is 14.1. The monoisotopic (exact) mass is 331 g/mol. The summed E-state index contributed by atoms with van der Waals surface area (Å²) in [6, 6.07) is 14.5. The zero-order valence-electron chi connectivity index (χ0n) is 13.8. The van der Waals surface area contributed by atoms with Crippen LogP contribution < -0.4 is 10.1 Å². The molecule has 2 rings (SSSR count). The Morgan fingerprint density at radius 3 is 2.62 bits per heavy atom. The predicted molar refractivity (Wildman–Crippen MR) is 90.1 cm³/mol. The van der Waals surface area contributed by atoms with E-state index >= 15 is 0 Å². The van der Waals surface area contributed by atoms with Gasteiger partial charge in [-0.25, -0.2) is 4.39 Å². The summed E-state index contributed by atoms with van der Waals surface area (Å²) in [6.07, 6.45) is 0.300. The van der Waals surface area contributed by atoms with Crippen LogP contribution in [-0.4, -0.2) is 19.1 Å². The molecule has 0 bridgehead atoms. The summed E-state index contributed by atoms with van der Waals surface area (Å²) in [5.74, 6) is -0.398. The summed E-state index contributed by atoms with van der Waals surface area (Å²) >= 11 is 0. The number of benzene rings is 2. The van der Waals surface area contributed by atoms with Gasteiger partial charge < -0.3 is 14.8 Å². The number of esters is 1. The predicted octanol–water partition coefficient (Wildman–Crippen LogP) is 3.45. The van der Waals surface area contributed by atoms with Gasteiger partial charge in [0.05, 0.1) is 13.0 Å². The first-order valence-corrected chi connectivity index (χ1v) is 8.00. The van der Waals surface area contributed by atoms with Gasteiger partial charge in [-0.05, 0) is 30.2 Å². The molecule has 0 saturated carbocycles. The molecule has 2 aromatic carbocycles. The summed E-state index contributed by atoms with van der Waals surface area (Å²) in [5, 5.41) is 3.09. The first-order valence-electron chi connectivity index (χ1n) is 8.00. The summed E-state index contributed by atoms with van der Waals surface area (Å²) in [5.41, 5.74) is 1.78. The lowest BCUT2D eigenvalue weighted by Crippen LogP contribution is -2.19. The molecule has 0 unspecified atom stereocenters. The molecule has 0 amide bonds. The van der Waals surface area contributed by atoms with Crippen molar-refractivity contribution in [3.8, 4) is 5.75 Å². The van der Waals surface area contributed by atoms with Gasteiger partial charge in [-0.2, -0.15) is 0 Å². The summed E-state index contributed by atoms with van der Waals surface area (Å²) in [6.45, 7) is 3.46. The highest BCUT2D eigenvalue weighted by atomic mass is 19.1. The number of hydrogen-bond donors (Lipinski definition) is 1. The highest BCUT2D eigenvalue weighted by molar-refractivity contribution is 5.69. The van der Waals surface area contributed by atoms with Crippen molar-refractivity contribution in [2.45, 2.75) is 26.5 Å². The quantitative estimate of drug-likeness (QED) is 0.565. The van der Waals surface area contributed by atoms with Crippen LogP contribution in [-0.2, 0) is 22.7 Å². The third-order valence-electron chi connectivity index (χ3n) is 3.37. The van der Waals surface area contributed by atoms with E-state index in [-0.39, 0.29) is 11.7 Å². The van der Waals surface area contributed by atoms with Crippen molar-refractivity contribution in [3.63, 3.8) is 0 Å². The minimum absolute atomic E-state index is 0.231. The van der Waals surface area contributed by atoms with Crippen molar-refractivity contribution in [2.75, 3.05) is 13.2 Å². The molecule has 0 aliphatic heterocycles. The topological polar surface area (TPSA) is 47.6 Å². The van der Waals surface area contributed by atoms with Crippen LogP contribution in [0.5, 0.6) is 5.75 Å². The van der Waals surface area contributed by atoms with E-state index in [9.17, 15) is 9.18 Å². The molecule has 0 aliphatic rings. The molecular weight excluding hydrogens is 309 g/mol. The number of carbonyl (C=O) groups is 1. The average Bonchev–Trinajstić information content (AvgIpc) is 2.59. The van der Waals surface area contributed by atoms with Crippen LogP contribution in [0.4, 0.5) is 4.39 Å². The van der Waals surface area contributed by atoms with Crippen molar-refractivity contribution < 1.29 is 18.7 Å². The maximum atomic E-state index is 14.1. The van der Waals surface area contributed by atoms with Gasteiger partial charge in [0.2, 0.25) is 0 Å². The van der Waals surface area contributed by atoms with Gasteiger partial charge in [0, 0.05) is 13.1 Å². The minimum atomic E-state index is -0.393. The highest BCUT2D eigenvalue weighted by Crippen LogP contribution is 2.19. The van der Waals surface area contributed by atoms with Crippen LogP contribution in [0.25, 0.3) is 0 Å². The van der Waals surface area contributed by atoms with Crippen LogP contribution in [0, 0.1) is 5.82 Å². The van der Waals surface area contributed by atoms with Gasteiger partial charge >= 0.3 is 5.97 Å². The largest absolute Gasteiger partial charge is 0.486 e. The van der Waals surface area contributed by atoms with E-state index in [0.29, 0.717) is 32.7 Å². The van der Waals surface area contributed by atoms with E-state index < -0.39 is 5.82 Å². The van der Waals surface area contributed by atoms with E-state index in [1.54, 1.807) is 19.1 Å². The fraction of sp³-hybridized carbons (Fsp3) is 0.316. The summed E-state index contributed by atoms with van der Waals surface area (Å²) in [4.78, 5) is 11.2. The molecule has 0 saturated heterocycles. The second-order valence-corrected chi connectivity index (χ2v) is 5.27. The zero-order valence-corrected chi connectivity index (χ0v) is 13.8. The zero-order chi connectivity index (χ0) is 17.2. The SMILES string of the molecule is CCOC(=O)CCNCc1ccc(OCc2ccccc2)c(F)c1. The minimum Gasteiger partial charge on any atom is -0.486 e. The smallest absolute Gasteiger partial charge is 0.307 e. The van der Waals surface area contributed by atoms with Gasteiger partial charge in [-0.15, -0.1) is 0 Å². The third kappa shape index (κ3) is 6.01. The lowest BCUT2D eigenvalue weighted by Gasteiger charge is -2.09. The number of ether oxygens (including phenoxy) is 2. The molecule has 1 N–H and O–H groups in total. The van der Waals surface area contributed by atoms with Crippen molar-refractivity contribution in [3.05, 3.63) is 65.5 Å². The average molecular weight is 331 g/mol. The molecule has 0 fully saturated rings. The molecule has 2 aromatic rings. The maximum Gasteiger partial charge on any atom is 0.307 e. The first kappa shape index (κ1) is 17.9. The van der Waals surface area contributed by atoms with E-state index in [0.717, 1.165) is 11.1 Å². The lowest BCUT2D eigenvalue weighted by molar-refractivity contribution is -0.142. The van der Waals surface area contributed by atoms with Crippen molar-refractivity contribution in [1.29, 1.82) is 0 Å². The Morgan fingerprint density at radius 1 is 1.12 bits per heavy atom. The summed E-state index contributed by atoms with van der Waals surface area (Å²) < 4.78 is 24.4. The van der Waals surface area contributed by atoms with Crippen LogP contribution >= 0.6 is 0 Å². The third-order valence-corrected chi connectivity index (χ3v) is 3.37. The number of nitrogens with one attached hydrogen (secondary N) is 1. The van der Waals surface area contributed by atoms with Crippen molar-refractivity contribution >= 4 is 5.97 Å². The Balaban J connectivity index is 1.78. The Morgan fingerprint density at radius 2 is 1.92 bits per heavy atom. The van der Waals surface area contributed by atoms with Crippen molar-refractivity contribution in [2.24, 2.45) is 0 Å². The van der Waals surface area contributed by atoms with E-state index in [4.69, 9.17) is 9.47 Å². The summed E-state index contributed by atoms with van der Waals surface area (Å²) in [7, 11) is 0. The molecule has 5 heteroatoms. The lowest BCUT2D eigenvalue weighted by atomic mass is 10.2. The molecule has 128 valence electrons. The Hall–Kier alpha value is -2.40. The Bertz CT molecular complexity index is 646. The van der Waals surface area contributed by atoms with Crippen LogP contribution in [0.3, 0.4) is 0 Å². The van der Waals surface area contributed by atoms with Gasteiger partial charge in [-0.3, -0.25) is 4.79 Å². The standard InChI is InChI=1S/C19H22FNO3/c1-2-23-19(22)10-11-21-13-16-8-9-18(17(20)12-16)24-14-15-6-4-3-5-7-15/h3-9,12,21H,2,10-11,13-14H2,1H3. The molecule has 0 aliphatic carbocycles. The molecule has 0 atom stereocenters. The highest BCUT2D eigenvalue weighted by Gasteiger charge is 2.06. The van der Waals surface area contributed by atoms with Crippen LogP contribution in [0.2, 0.25) is 0 Å². The fourth-order valence-electron chi connectivity index (χ4n) is 2.16. The van der Waals surface area contributed by atoms with E-state index in [2.05, 4.69) is 5.32 Å². The molecule has 4 nitrogen and oxygen atoms in total.